The number of aromatic hydroxyl groups is 1. The number of rotatable bonds is 5. The van der Waals surface area contributed by atoms with Gasteiger partial charge in [0.1, 0.15) is 11.0 Å². The number of benzene rings is 2. The first-order valence-electron chi connectivity index (χ1n) is 7.98. The molecular formula is C19H17Br3N2O5S. The van der Waals surface area contributed by atoms with Crippen LogP contribution in [0.4, 0.5) is 0 Å². The number of carbonyl (C=O) groups is 1. The highest BCUT2D eigenvalue weighted by Crippen LogP contribution is 2.37. The maximum atomic E-state index is 12.8. The van der Waals surface area contributed by atoms with E-state index in [2.05, 4.69) is 47.8 Å². The summed E-state index contributed by atoms with van der Waals surface area (Å²) in [5.41, 5.74) is 0.382. The molecule has 0 aliphatic heterocycles. The first-order valence-corrected chi connectivity index (χ1v) is 11.8. The fraction of sp³-hybridized carbons (Fsp3) is 0.158. The van der Waals surface area contributed by atoms with Crippen LogP contribution in [0.5, 0.6) is 11.5 Å². The fourth-order valence-electron chi connectivity index (χ4n) is 1.96. The third-order valence-electron chi connectivity index (χ3n) is 3.36. The molecule has 0 fully saturated rings. The number of amides is 1. The van der Waals surface area contributed by atoms with E-state index in [-0.39, 0.29) is 16.4 Å². The van der Waals surface area contributed by atoms with Gasteiger partial charge in [0.2, 0.25) is 16.2 Å². The van der Waals surface area contributed by atoms with E-state index >= 15 is 0 Å². The van der Waals surface area contributed by atoms with Crippen LogP contribution >= 0.6 is 47.8 Å². The second kappa shape index (κ2) is 11.5. The van der Waals surface area contributed by atoms with Crippen LogP contribution < -0.4 is 4.74 Å². The Balaban J connectivity index is 0.000000804. The van der Waals surface area contributed by atoms with E-state index in [1.165, 1.54) is 36.3 Å². The van der Waals surface area contributed by atoms with Crippen LogP contribution in [0.1, 0.15) is 5.56 Å². The normalized spacial score (nSPS) is 11.0. The van der Waals surface area contributed by atoms with Gasteiger partial charge in [0.25, 0.3) is 0 Å². The van der Waals surface area contributed by atoms with Gasteiger partial charge in [-0.05, 0) is 73.8 Å². The molecule has 0 aliphatic rings. The van der Waals surface area contributed by atoms with Crippen molar-refractivity contribution in [3.05, 3.63) is 54.2 Å². The van der Waals surface area contributed by atoms with E-state index in [0.717, 1.165) is 6.41 Å². The molecule has 1 amide bonds. The smallest absolute Gasteiger partial charge is 0.217 e. The number of methoxy groups -OCH3 is 1. The van der Waals surface area contributed by atoms with Gasteiger partial charge in [0.15, 0.2) is 11.5 Å². The lowest BCUT2D eigenvalue weighted by molar-refractivity contribution is -0.115. The summed E-state index contributed by atoms with van der Waals surface area (Å²) in [6.07, 6.45) is 1.97. The van der Waals surface area contributed by atoms with Crippen molar-refractivity contribution in [2.75, 3.05) is 21.2 Å². The number of hydrogen-bond acceptors (Lipinski definition) is 6. The lowest BCUT2D eigenvalue weighted by Gasteiger charge is -2.08. The van der Waals surface area contributed by atoms with Crippen molar-refractivity contribution in [3.8, 4) is 17.6 Å². The lowest BCUT2D eigenvalue weighted by atomic mass is 10.2. The van der Waals surface area contributed by atoms with Crippen molar-refractivity contribution in [3.63, 3.8) is 0 Å². The van der Waals surface area contributed by atoms with Crippen LogP contribution in [0.3, 0.4) is 0 Å². The lowest BCUT2D eigenvalue weighted by Crippen LogP contribution is -2.06. The number of allylic oxidation sites excluding steroid dienone is 1. The van der Waals surface area contributed by atoms with E-state index in [1.807, 2.05) is 0 Å². The van der Waals surface area contributed by atoms with Gasteiger partial charge >= 0.3 is 0 Å². The van der Waals surface area contributed by atoms with Gasteiger partial charge in [0, 0.05) is 23.0 Å². The summed E-state index contributed by atoms with van der Waals surface area (Å²) in [6.45, 7) is 0. The molecule has 0 spiro atoms. The van der Waals surface area contributed by atoms with Crippen molar-refractivity contribution in [1.82, 2.24) is 4.90 Å². The number of halogens is 3. The molecule has 0 aromatic heterocycles. The molecule has 0 aliphatic carbocycles. The summed E-state index contributed by atoms with van der Waals surface area (Å²) < 4.78 is 31.9. The summed E-state index contributed by atoms with van der Waals surface area (Å²) in [7, 11) is 0.705. The third kappa shape index (κ3) is 6.84. The first-order chi connectivity index (χ1) is 14.0. The van der Waals surface area contributed by atoms with Gasteiger partial charge in [-0.2, -0.15) is 5.26 Å². The summed E-state index contributed by atoms with van der Waals surface area (Å²) >= 11 is 9.58. The van der Waals surface area contributed by atoms with Crippen LogP contribution in [0.25, 0.3) is 6.08 Å². The molecule has 0 saturated heterocycles. The molecule has 2 aromatic carbocycles. The average Bonchev–Trinajstić information content (AvgIpc) is 2.70. The van der Waals surface area contributed by atoms with Gasteiger partial charge in [-0.15, -0.1) is 0 Å². The summed E-state index contributed by atoms with van der Waals surface area (Å²) in [4.78, 5) is 10.4. The standard InChI is InChI=1S/C16H10Br3NO4S.C3H7NO/c1-24-14-6-9(5-13(19)16(14)21)4-11(8-20)25(22,23)15-7-10(17)2-3-12(15)18;1-4(2)3-5/h2-7,21H,1H3;3H,1-2H3/b11-4+;. The average molecular weight is 625 g/mol. The number of phenols is 1. The number of sulfone groups is 1. The molecule has 2 aromatic rings. The minimum atomic E-state index is -4.04. The molecule has 0 heterocycles. The first kappa shape index (κ1) is 26.2. The molecule has 0 unspecified atom stereocenters. The van der Waals surface area contributed by atoms with E-state index in [0.29, 0.717) is 19.0 Å². The highest BCUT2D eigenvalue weighted by molar-refractivity contribution is 9.11. The Morgan fingerprint density at radius 1 is 1.17 bits per heavy atom. The molecule has 30 heavy (non-hydrogen) atoms. The van der Waals surface area contributed by atoms with E-state index in [9.17, 15) is 23.6 Å². The second-order valence-corrected chi connectivity index (χ2v) is 10.3. The molecule has 0 radical (unpaired) electrons. The fourth-order valence-corrected chi connectivity index (χ4v) is 5.07. The number of hydrogen-bond donors (Lipinski definition) is 1. The minimum absolute atomic E-state index is 0.0283. The largest absolute Gasteiger partial charge is 0.503 e. The Morgan fingerprint density at radius 2 is 1.77 bits per heavy atom. The Morgan fingerprint density at radius 3 is 2.27 bits per heavy atom. The number of ether oxygens (including phenoxy) is 1. The highest BCUT2D eigenvalue weighted by Gasteiger charge is 2.24. The molecule has 2 rings (SSSR count). The van der Waals surface area contributed by atoms with Crippen molar-refractivity contribution in [1.29, 1.82) is 5.26 Å². The Kier molecular flexibility index (Phi) is 10.0. The van der Waals surface area contributed by atoms with Crippen LogP contribution in [0, 0.1) is 11.3 Å². The number of phenolic OH excluding ortho intramolecular Hbond substituents is 1. The Labute approximate surface area is 200 Å². The predicted octanol–water partition coefficient (Wildman–Crippen LogP) is 4.73. The molecule has 11 heteroatoms. The summed E-state index contributed by atoms with van der Waals surface area (Å²) in [6, 6.07) is 9.32. The molecule has 7 nitrogen and oxygen atoms in total. The second-order valence-electron chi connectivity index (χ2n) is 5.82. The van der Waals surface area contributed by atoms with Gasteiger partial charge in [0.05, 0.1) is 16.5 Å². The van der Waals surface area contributed by atoms with E-state index in [1.54, 1.807) is 32.3 Å². The number of carbonyl (C=O) groups excluding carboxylic acids is 1. The Bertz CT molecular complexity index is 1110. The van der Waals surface area contributed by atoms with Crippen LogP contribution in [0.2, 0.25) is 0 Å². The zero-order valence-electron chi connectivity index (χ0n) is 16.1. The predicted molar refractivity (Wildman–Crippen MR) is 125 cm³/mol. The molecule has 0 atom stereocenters. The zero-order valence-corrected chi connectivity index (χ0v) is 21.6. The summed E-state index contributed by atoms with van der Waals surface area (Å²) in [5.74, 6) is 0.0368. The topological polar surface area (TPSA) is 108 Å². The molecule has 0 bridgehead atoms. The number of nitriles is 1. The molecule has 160 valence electrons. The van der Waals surface area contributed by atoms with E-state index < -0.39 is 14.7 Å². The summed E-state index contributed by atoms with van der Waals surface area (Å²) in [5, 5.41) is 19.2. The molecule has 1 N–H and O–H groups in total. The third-order valence-corrected chi connectivity index (χ3v) is 7.12. The molecule has 0 saturated carbocycles. The van der Waals surface area contributed by atoms with Gasteiger partial charge in [-0.3, -0.25) is 4.79 Å². The van der Waals surface area contributed by atoms with Crippen LogP contribution in [0.15, 0.2) is 53.6 Å². The highest BCUT2D eigenvalue weighted by atomic mass is 79.9. The van der Waals surface area contributed by atoms with Gasteiger partial charge in [-0.25, -0.2) is 8.42 Å². The maximum Gasteiger partial charge on any atom is 0.217 e. The number of nitrogens with zero attached hydrogens (tertiary/aromatic N) is 2. The van der Waals surface area contributed by atoms with Crippen LogP contribution in [-0.2, 0) is 14.6 Å². The van der Waals surface area contributed by atoms with Crippen molar-refractivity contribution in [2.24, 2.45) is 0 Å². The van der Waals surface area contributed by atoms with Gasteiger partial charge in [-0.1, -0.05) is 15.9 Å². The minimum Gasteiger partial charge on any atom is -0.503 e. The van der Waals surface area contributed by atoms with Crippen molar-refractivity contribution < 1.29 is 23.1 Å². The SMILES string of the molecule is CN(C)C=O.COc1cc(/C=C(\C#N)S(=O)(=O)c2cc(Br)ccc2Br)cc(Br)c1O. The van der Waals surface area contributed by atoms with Crippen LogP contribution in [-0.4, -0.2) is 46.0 Å². The van der Waals surface area contributed by atoms with Crippen molar-refractivity contribution >= 4 is 70.1 Å². The Hall–Kier alpha value is -1.87. The molecular weight excluding hydrogens is 608 g/mol. The van der Waals surface area contributed by atoms with Gasteiger partial charge < -0.3 is 14.7 Å². The van der Waals surface area contributed by atoms with Crippen molar-refractivity contribution in [2.45, 2.75) is 4.90 Å². The monoisotopic (exact) mass is 622 g/mol. The maximum absolute atomic E-state index is 12.8. The zero-order chi connectivity index (χ0) is 23.1. The van der Waals surface area contributed by atoms with E-state index in [4.69, 9.17) is 4.74 Å². The quantitative estimate of drug-likeness (QED) is 0.381.